The van der Waals surface area contributed by atoms with Crippen molar-refractivity contribution < 1.29 is 13.2 Å². The van der Waals surface area contributed by atoms with Crippen LogP contribution in [0.15, 0.2) is 53.6 Å². The first-order valence-corrected chi connectivity index (χ1v) is 11.2. The Hall–Kier alpha value is -2.64. The summed E-state index contributed by atoms with van der Waals surface area (Å²) in [5, 5.41) is 3.98. The molecule has 154 valence electrons. The Balaban J connectivity index is 1.57. The average molecular weight is 414 g/mol. The van der Waals surface area contributed by atoms with Crippen LogP contribution in [-0.2, 0) is 27.7 Å². The molecule has 3 N–H and O–H groups in total. The number of para-hydroxylation sites is 1. The highest BCUT2D eigenvalue weighted by Crippen LogP contribution is 2.22. The molecule has 0 saturated carbocycles. The third-order valence-electron chi connectivity index (χ3n) is 5.02. The Morgan fingerprint density at radius 3 is 2.52 bits per heavy atom. The summed E-state index contributed by atoms with van der Waals surface area (Å²) in [4.78, 5) is 15.8. The lowest BCUT2D eigenvalue weighted by molar-refractivity contribution is -0.122. The predicted molar refractivity (Wildman–Crippen MR) is 115 cm³/mol. The molecule has 0 bridgehead atoms. The van der Waals surface area contributed by atoms with Gasteiger partial charge in [0, 0.05) is 23.6 Å². The molecule has 0 aliphatic heterocycles. The van der Waals surface area contributed by atoms with Crippen molar-refractivity contribution in [3.05, 3.63) is 65.4 Å². The summed E-state index contributed by atoms with van der Waals surface area (Å²) < 4.78 is 27.3. The van der Waals surface area contributed by atoms with Gasteiger partial charge in [-0.15, -0.1) is 0 Å². The van der Waals surface area contributed by atoms with Crippen molar-refractivity contribution in [2.75, 3.05) is 6.54 Å². The largest absolute Gasteiger partial charge is 0.361 e. The zero-order valence-corrected chi connectivity index (χ0v) is 17.8. The summed E-state index contributed by atoms with van der Waals surface area (Å²) in [6.07, 6.45) is 3.59. The summed E-state index contributed by atoms with van der Waals surface area (Å²) in [7, 11) is -3.74. The lowest BCUT2D eigenvalue weighted by atomic mass is 10.1. The van der Waals surface area contributed by atoms with Gasteiger partial charge in [0.2, 0.25) is 15.9 Å². The number of amides is 1. The van der Waals surface area contributed by atoms with E-state index in [1.54, 1.807) is 19.1 Å². The van der Waals surface area contributed by atoms with Crippen LogP contribution in [0.1, 0.15) is 30.5 Å². The number of carbonyl (C=O) groups is 1. The number of hydrogen-bond acceptors (Lipinski definition) is 3. The highest BCUT2D eigenvalue weighted by Gasteiger charge is 2.21. The minimum absolute atomic E-state index is 0.147. The van der Waals surface area contributed by atoms with Crippen LogP contribution in [-0.4, -0.2) is 31.9 Å². The standard InChI is InChI=1S/C22H27N3O3S/c1-4-17-6-5-7-20-18(14-24-21(17)20)12-13-23-22(26)16(3)25-29(27,28)19-10-8-15(2)9-11-19/h5-11,14,16,24-25H,4,12-13H2,1-3H3,(H,23,26)/t16-/m0/s1. The molecule has 7 heteroatoms. The lowest BCUT2D eigenvalue weighted by Gasteiger charge is -2.14. The molecule has 0 aliphatic carbocycles. The Morgan fingerprint density at radius 1 is 1.10 bits per heavy atom. The summed E-state index contributed by atoms with van der Waals surface area (Å²) in [6, 6.07) is 11.9. The van der Waals surface area contributed by atoms with Gasteiger partial charge in [0.15, 0.2) is 0 Å². The van der Waals surface area contributed by atoms with Crippen LogP contribution >= 0.6 is 0 Å². The fourth-order valence-corrected chi connectivity index (χ4v) is 4.52. The molecule has 1 amide bonds. The maximum Gasteiger partial charge on any atom is 0.241 e. The van der Waals surface area contributed by atoms with Crippen LogP contribution in [0.5, 0.6) is 0 Å². The molecular weight excluding hydrogens is 386 g/mol. The van der Waals surface area contributed by atoms with Gasteiger partial charge in [-0.25, -0.2) is 8.42 Å². The normalized spacial score (nSPS) is 12.8. The first-order chi connectivity index (χ1) is 13.8. The average Bonchev–Trinajstić information content (AvgIpc) is 3.11. The number of aromatic nitrogens is 1. The molecular formula is C22H27N3O3S. The number of hydrogen-bond donors (Lipinski definition) is 3. The van der Waals surface area contributed by atoms with Crippen molar-refractivity contribution in [3.8, 4) is 0 Å². The van der Waals surface area contributed by atoms with E-state index in [2.05, 4.69) is 34.1 Å². The van der Waals surface area contributed by atoms with E-state index in [4.69, 9.17) is 0 Å². The molecule has 1 atom stereocenters. The molecule has 29 heavy (non-hydrogen) atoms. The van der Waals surface area contributed by atoms with E-state index in [1.165, 1.54) is 17.7 Å². The first-order valence-electron chi connectivity index (χ1n) is 9.76. The lowest BCUT2D eigenvalue weighted by Crippen LogP contribution is -2.45. The SMILES string of the molecule is CCc1cccc2c(CCNC(=O)[C@H](C)NS(=O)(=O)c3ccc(C)cc3)c[nH]c12. The highest BCUT2D eigenvalue weighted by atomic mass is 32.2. The third-order valence-corrected chi connectivity index (χ3v) is 6.58. The fraction of sp³-hybridized carbons (Fsp3) is 0.318. The van der Waals surface area contributed by atoms with Gasteiger partial charge < -0.3 is 10.3 Å². The quantitative estimate of drug-likeness (QED) is 0.530. The van der Waals surface area contributed by atoms with E-state index < -0.39 is 16.1 Å². The number of sulfonamides is 1. The summed E-state index contributed by atoms with van der Waals surface area (Å²) in [5.74, 6) is -0.352. The molecule has 2 aromatic carbocycles. The Kier molecular flexibility index (Phi) is 6.39. The molecule has 3 aromatic rings. The fourth-order valence-electron chi connectivity index (χ4n) is 3.32. The molecule has 1 heterocycles. The Morgan fingerprint density at radius 2 is 1.83 bits per heavy atom. The maximum absolute atomic E-state index is 12.4. The van der Waals surface area contributed by atoms with Gasteiger partial charge in [-0.05, 0) is 49.9 Å². The van der Waals surface area contributed by atoms with Crippen LogP contribution in [0.2, 0.25) is 0 Å². The number of aryl methyl sites for hydroxylation is 2. The minimum atomic E-state index is -3.74. The van der Waals surface area contributed by atoms with Gasteiger partial charge >= 0.3 is 0 Å². The monoisotopic (exact) mass is 413 g/mol. The third kappa shape index (κ3) is 4.86. The molecule has 0 aliphatic rings. The molecule has 6 nitrogen and oxygen atoms in total. The van der Waals surface area contributed by atoms with E-state index >= 15 is 0 Å². The molecule has 1 aromatic heterocycles. The molecule has 0 fully saturated rings. The smallest absolute Gasteiger partial charge is 0.241 e. The van der Waals surface area contributed by atoms with Gasteiger partial charge in [-0.1, -0.05) is 42.8 Å². The van der Waals surface area contributed by atoms with Crippen LogP contribution in [0.3, 0.4) is 0 Å². The number of fused-ring (bicyclic) bond motifs is 1. The molecule has 0 radical (unpaired) electrons. The summed E-state index contributed by atoms with van der Waals surface area (Å²) in [6.45, 7) is 5.98. The van der Waals surface area contributed by atoms with Crippen LogP contribution < -0.4 is 10.0 Å². The second-order valence-electron chi connectivity index (χ2n) is 7.20. The van der Waals surface area contributed by atoms with E-state index in [0.29, 0.717) is 13.0 Å². The highest BCUT2D eigenvalue weighted by molar-refractivity contribution is 7.89. The minimum Gasteiger partial charge on any atom is -0.361 e. The van der Waals surface area contributed by atoms with Gasteiger partial charge in [0.05, 0.1) is 10.9 Å². The van der Waals surface area contributed by atoms with Gasteiger partial charge in [0.1, 0.15) is 0 Å². The Labute approximate surface area is 171 Å². The second kappa shape index (κ2) is 8.80. The molecule has 0 unspecified atom stereocenters. The number of benzene rings is 2. The van der Waals surface area contributed by atoms with Gasteiger partial charge in [-0.2, -0.15) is 4.72 Å². The second-order valence-corrected chi connectivity index (χ2v) is 8.92. The zero-order chi connectivity index (χ0) is 21.0. The first kappa shape index (κ1) is 21.1. The van der Waals surface area contributed by atoms with E-state index in [9.17, 15) is 13.2 Å². The number of nitrogens with one attached hydrogen (secondary N) is 3. The van der Waals surface area contributed by atoms with Gasteiger partial charge in [-0.3, -0.25) is 4.79 Å². The van der Waals surface area contributed by atoms with E-state index in [-0.39, 0.29) is 10.8 Å². The Bertz CT molecular complexity index is 1100. The topological polar surface area (TPSA) is 91.1 Å². The van der Waals surface area contributed by atoms with Crippen molar-refractivity contribution in [1.82, 2.24) is 15.0 Å². The number of aromatic amines is 1. The van der Waals surface area contributed by atoms with Crippen molar-refractivity contribution >= 4 is 26.8 Å². The molecule has 3 rings (SSSR count). The van der Waals surface area contributed by atoms with E-state index in [1.807, 2.05) is 19.2 Å². The number of H-pyrrole nitrogens is 1. The van der Waals surface area contributed by atoms with Crippen molar-refractivity contribution in [3.63, 3.8) is 0 Å². The summed E-state index contributed by atoms with van der Waals surface area (Å²) in [5.41, 5.74) is 4.49. The molecule has 0 saturated heterocycles. The van der Waals surface area contributed by atoms with E-state index in [0.717, 1.165) is 28.5 Å². The number of carbonyl (C=O) groups excluding carboxylic acids is 1. The van der Waals surface area contributed by atoms with Crippen LogP contribution in [0.4, 0.5) is 0 Å². The van der Waals surface area contributed by atoms with Crippen molar-refractivity contribution in [2.24, 2.45) is 0 Å². The zero-order valence-electron chi connectivity index (χ0n) is 17.0. The van der Waals surface area contributed by atoms with Crippen LogP contribution in [0.25, 0.3) is 10.9 Å². The van der Waals surface area contributed by atoms with Gasteiger partial charge in [0.25, 0.3) is 0 Å². The van der Waals surface area contributed by atoms with Crippen molar-refractivity contribution in [1.29, 1.82) is 0 Å². The van der Waals surface area contributed by atoms with Crippen LogP contribution in [0, 0.1) is 6.92 Å². The van der Waals surface area contributed by atoms with Crippen molar-refractivity contribution in [2.45, 2.75) is 44.6 Å². The predicted octanol–water partition coefficient (Wildman–Crippen LogP) is 3.06. The number of rotatable bonds is 8. The maximum atomic E-state index is 12.4. The molecule has 0 spiro atoms. The summed E-state index contributed by atoms with van der Waals surface area (Å²) >= 11 is 0.